The first-order valence-electron chi connectivity index (χ1n) is 13.4. The molecule has 10 heteroatoms. The molecule has 4 rings (SSSR count). The molecule has 0 aliphatic carbocycles. The molecule has 0 saturated heterocycles. The van der Waals surface area contributed by atoms with Crippen molar-refractivity contribution in [3.05, 3.63) is 64.0 Å². The van der Waals surface area contributed by atoms with E-state index in [1.54, 1.807) is 49.4 Å². The molecule has 2 heterocycles. The Bertz CT molecular complexity index is 1460. The van der Waals surface area contributed by atoms with Gasteiger partial charge in [-0.3, -0.25) is 19.3 Å². The van der Waals surface area contributed by atoms with Crippen molar-refractivity contribution in [1.82, 2.24) is 4.90 Å². The van der Waals surface area contributed by atoms with Crippen LogP contribution in [0.3, 0.4) is 0 Å². The first kappa shape index (κ1) is 29.8. The van der Waals surface area contributed by atoms with Crippen LogP contribution in [-0.2, 0) is 9.53 Å². The molecule has 2 aromatic carbocycles. The highest BCUT2D eigenvalue weighted by molar-refractivity contribution is 7.17. The van der Waals surface area contributed by atoms with Gasteiger partial charge in [0.2, 0.25) is 5.91 Å². The molecule has 1 atom stereocenters. The van der Waals surface area contributed by atoms with Crippen LogP contribution in [0.25, 0.3) is 11.1 Å². The molecule has 1 aliphatic heterocycles. The van der Waals surface area contributed by atoms with Crippen LogP contribution < -0.4 is 14.8 Å². The second kappa shape index (κ2) is 12.6. The fourth-order valence-corrected chi connectivity index (χ4v) is 5.99. The van der Waals surface area contributed by atoms with E-state index in [9.17, 15) is 19.2 Å². The Balaban J connectivity index is 1.75. The van der Waals surface area contributed by atoms with Gasteiger partial charge in [-0.1, -0.05) is 32.0 Å². The highest BCUT2D eigenvalue weighted by atomic mass is 32.1. The number of amides is 3. The van der Waals surface area contributed by atoms with Crippen molar-refractivity contribution < 1.29 is 33.4 Å². The Morgan fingerprint density at radius 3 is 2.15 bits per heavy atom. The van der Waals surface area contributed by atoms with Crippen LogP contribution in [0.5, 0.6) is 11.5 Å². The zero-order valence-electron chi connectivity index (χ0n) is 24.0. The number of ether oxygens (including phenoxy) is 3. The van der Waals surface area contributed by atoms with Crippen molar-refractivity contribution in [2.75, 3.05) is 26.1 Å². The van der Waals surface area contributed by atoms with E-state index >= 15 is 0 Å². The number of esters is 1. The fraction of sp³-hybridized carbons (Fsp3) is 0.355. The highest BCUT2D eigenvalue weighted by Crippen LogP contribution is 2.43. The number of aryl methyl sites for hydroxylation is 1. The van der Waals surface area contributed by atoms with Gasteiger partial charge in [0.25, 0.3) is 11.8 Å². The summed E-state index contributed by atoms with van der Waals surface area (Å²) in [5.41, 5.74) is 2.00. The van der Waals surface area contributed by atoms with Gasteiger partial charge in [0.15, 0.2) is 11.5 Å². The minimum Gasteiger partial charge on any atom is -0.493 e. The lowest BCUT2D eigenvalue weighted by molar-refractivity contribution is -0.120. The smallest absolute Gasteiger partial charge is 0.341 e. The fourth-order valence-electron chi connectivity index (χ4n) is 4.92. The molecule has 1 unspecified atom stereocenters. The van der Waals surface area contributed by atoms with Crippen LogP contribution in [0.4, 0.5) is 5.00 Å². The zero-order chi connectivity index (χ0) is 29.8. The molecule has 1 aliphatic rings. The molecule has 0 spiro atoms. The van der Waals surface area contributed by atoms with Gasteiger partial charge in [-0.15, -0.1) is 11.3 Å². The maximum Gasteiger partial charge on any atom is 0.341 e. The quantitative estimate of drug-likeness (QED) is 0.221. The van der Waals surface area contributed by atoms with Crippen molar-refractivity contribution in [3.63, 3.8) is 0 Å². The summed E-state index contributed by atoms with van der Waals surface area (Å²) in [6.07, 6.45) is 0.882. The molecule has 0 fully saturated rings. The number of carbonyl (C=O) groups excluding carboxylic acids is 4. The molecule has 3 aromatic rings. The Morgan fingerprint density at radius 1 is 0.951 bits per heavy atom. The molecule has 1 N–H and O–H groups in total. The van der Waals surface area contributed by atoms with Crippen molar-refractivity contribution >= 4 is 40.0 Å². The number of rotatable bonds is 11. The first-order chi connectivity index (χ1) is 19.6. The van der Waals surface area contributed by atoms with E-state index in [-0.39, 0.29) is 40.6 Å². The van der Waals surface area contributed by atoms with Crippen LogP contribution in [0, 0.1) is 12.8 Å². The minimum atomic E-state index is -1.06. The molecule has 0 saturated carbocycles. The summed E-state index contributed by atoms with van der Waals surface area (Å²) < 4.78 is 16.2. The van der Waals surface area contributed by atoms with Gasteiger partial charge in [0, 0.05) is 10.4 Å². The number of fused-ring (bicyclic) bond motifs is 1. The number of benzene rings is 2. The van der Waals surface area contributed by atoms with Crippen LogP contribution in [-0.4, -0.2) is 55.5 Å². The average molecular weight is 579 g/mol. The third-order valence-electron chi connectivity index (χ3n) is 6.93. The van der Waals surface area contributed by atoms with Gasteiger partial charge in [-0.05, 0) is 62.4 Å². The lowest BCUT2D eigenvalue weighted by atomic mass is 10.00. The van der Waals surface area contributed by atoms with Crippen LogP contribution in [0.15, 0.2) is 42.5 Å². The van der Waals surface area contributed by atoms with Crippen molar-refractivity contribution in [2.24, 2.45) is 5.92 Å². The number of carbonyl (C=O) groups is 4. The summed E-state index contributed by atoms with van der Waals surface area (Å²) >= 11 is 1.22. The van der Waals surface area contributed by atoms with E-state index in [0.29, 0.717) is 29.0 Å². The van der Waals surface area contributed by atoms with E-state index in [2.05, 4.69) is 5.32 Å². The lowest BCUT2D eigenvalue weighted by Gasteiger charge is -2.26. The minimum absolute atomic E-state index is 0.137. The lowest BCUT2D eigenvalue weighted by Crippen LogP contribution is -2.47. The van der Waals surface area contributed by atoms with E-state index in [0.717, 1.165) is 9.78 Å². The predicted octanol–water partition coefficient (Wildman–Crippen LogP) is 5.96. The number of methoxy groups -OCH3 is 2. The van der Waals surface area contributed by atoms with Gasteiger partial charge >= 0.3 is 5.97 Å². The van der Waals surface area contributed by atoms with Gasteiger partial charge in [-0.25, -0.2) is 4.79 Å². The Labute approximate surface area is 243 Å². The number of hydrogen-bond donors (Lipinski definition) is 1. The molecule has 1 aromatic heterocycles. The molecule has 0 radical (unpaired) electrons. The van der Waals surface area contributed by atoms with E-state index in [1.807, 2.05) is 20.8 Å². The predicted molar refractivity (Wildman–Crippen MR) is 157 cm³/mol. The third-order valence-corrected chi connectivity index (χ3v) is 7.95. The van der Waals surface area contributed by atoms with Crippen molar-refractivity contribution in [3.8, 4) is 22.6 Å². The van der Waals surface area contributed by atoms with E-state index in [4.69, 9.17) is 14.2 Å². The topological polar surface area (TPSA) is 111 Å². The summed E-state index contributed by atoms with van der Waals surface area (Å²) in [5, 5.41) is 3.16. The van der Waals surface area contributed by atoms with E-state index < -0.39 is 29.7 Å². The average Bonchev–Trinajstić information content (AvgIpc) is 3.41. The molecule has 0 bridgehead atoms. The summed E-state index contributed by atoms with van der Waals surface area (Å²) in [6.45, 7) is 7.70. The van der Waals surface area contributed by atoms with Gasteiger partial charge < -0.3 is 19.5 Å². The van der Waals surface area contributed by atoms with Gasteiger partial charge in [0.1, 0.15) is 16.6 Å². The number of imide groups is 1. The molecule has 3 amide bonds. The molecule has 9 nitrogen and oxygen atoms in total. The van der Waals surface area contributed by atoms with Gasteiger partial charge in [-0.2, -0.15) is 0 Å². The third kappa shape index (κ3) is 5.83. The Hall–Kier alpha value is -4.18. The standard InChI is InChI=1S/C31H34N2O7S/c1-7-40-31(37)26-25(19-13-15-23(38-5)24(16-19)39-6)18(4)41-28(26)32-27(34)22(14-12-17(2)3)33-29(35)20-10-8-9-11-21(20)30(33)36/h8-11,13,15-17,22H,7,12,14H2,1-6H3,(H,32,34). The summed E-state index contributed by atoms with van der Waals surface area (Å²) in [4.78, 5) is 55.6. The largest absolute Gasteiger partial charge is 0.493 e. The SMILES string of the molecule is CCOC(=O)c1c(NC(=O)C(CCC(C)C)N2C(=O)c3ccccc3C2=O)sc(C)c1-c1ccc(OC)c(OC)c1. The van der Waals surface area contributed by atoms with Crippen molar-refractivity contribution in [1.29, 1.82) is 0 Å². The number of nitrogens with zero attached hydrogens (tertiary/aromatic N) is 1. The first-order valence-corrected chi connectivity index (χ1v) is 14.2. The Morgan fingerprint density at radius 2 is 1.59 bits per heavy atom. The molecular formula is C31H34N2O7S. The van der Waals surface area contributed by atoms with Crippen LogP contribution in [0.1, 0.15) is 69.6 Å². The summed E-state index contributed by atoms with van der Waals surface area (Å²) in [7, 11) is 3.06. The van der Waals surface area contributed by atoms with E-state index in [1.165, 1.54) is 25.6 Å². The van der Waals surface area contributed by atoms with Crippen LogP contribution in [0.2, 0.25) is 0 Å². The van der Waals surface area contributed by atoms with Crippen LogP contribution >= 0.6 is 11.3 Å². The number of anilines is 1. The molecular weight excluding hydrogens is 544 g/mol. The second-order valence-electron chi connectivity index (χ2n) is 10.0. The highest BCUT2D eigenvalue weighted by Gasteiger charge is 2.43. The van der Waals surface area contributed by atoms with Gasteiger partial charge in [0.05, 0.1) is 32.0 Å². The summed E-state index contributed by atoms with van der Waals surface area (Å²) in [5.74, 6) is -0.917. The Kier molecular flexibility index (Phi) is 9.12. The summed E-state index contributed by atoms with van der Waals surface area (Å²) in [6, 6.07) is 10.8. The number of thiophene rings is 1. The maximum absolute atomic E-state index is 13.9. The molecule has 216 valence electrons. The zero-order valence-corrected chi connectivity index (χ0v) is 24.8. The molecule has 41 heavy (non-hydrogen) atoms. The number of hydrogen-bond acceptors (Lipinski definition) is 8. The van der Waals surface area contributed by atoms with Crippen molar-refractivity contribution in [2.45, 2.75) is 46.6 Å². The maximum atomic E-state index is 13.9. The normalized spacial score (nSPS) is 13.3. The second-order valence-corrected chi connectivity index (χ2v) is 11.3. The number of nitrogens with one attached hydrogen (secondary N) is 1. The monoisotopic (exact) mass is 578 g/mol.